The third-order valence-electron chi connectivity index (χ3n) is 4.09. The maximum absolute atomic E-state index is 12.5. The Morgan fingerprint density at radius 2 is 2.00 bits per heavy atom. The molecule has 0 amide bonds. The summed E-state index contributed by atoms with van der Waals surface area (Å²) >= 11 is 0. The van der Waals surface area contributed by atoms with Gasteiger partial charge < -0.3 is 5.32 Å². The standard InChI is InChI=1S/C13H27N3O2S/c1-12-6-3-4-11-16(12)19(17,18)15(2)10-5-9-14-13-7-8-13/h12-14H,3-11H2,1-2H3. The maximum Gasteiger partial charge on any atom is 0.281 e. The summed E-state index contributed by atoms with van der Waals surface area (Å²) in [4.78, 5) is 0. The van der Waals surface area contributed by atoms with Gasteiger partial charge in [0.25, 0.3) is 10.2 Å². The molecule has 5 nitrogen and oxygen atoms in total. The Labute approximate surface area is 117 Å². The molecular weight excluding hydrogens is 262 g/mol. The van der Waals surface area contributed by atoms with Crippen LogP contribution in [0.1, 0.15) is 45.4 Å². The van der Waals surface area contributed by atoms with Crippen molar-refractivity contribution in [3.05, 3.63) is 0 Å². The van der Waals surface area contributed by atoms with Gasteiger partial charge in [0.1, 0.15) is 0 Å². The Kier molecular flexibility index (Phi) is 5.22. The molecule has 1 aliphatic heterocycles. The minimum atomic E-state index is -3.26. The summed E-state index contributed by atoms with van der Waals surface area (Å²) in [6, 6.07) is 0.842. The zero-order valence-electron chi connectivity index (χ0n) is 12.1. The fraction of sp³-hybridized carbons (Fsp3) is 1.00. The number of hydrogen-bond donors (Lipinski definition) is 1. The molecule has 1 N–H and O–H groups in total. The first-order valence-corrected chi connectivity index (χ1v) is 8.88. The molecule has 19 heavy (non-hydrogen) atoms. The molecule has 6 heteroatoms. The van der Waals surface area contributed by atoms with Gasteiger partial charge in [-0.1, -0.05) is 6.42 Å². The first-order valence-electron chi connectivity index (χ1n) is 7.48. The lowest BCUT2D eigenvalue weighted by Crippen LogP contribution is -2.48. The van der Waals surface area contributed by atoms with Gasteiger partial charge in [-0.2, -0.15) is 17.0 Å². The van der Waals surface area contributed by atoms with Crippen LogP contribution in [0.25, 0.3) is 0 Å². The molecule has 0 aromatic carbocycles. The SMILES string of the molecule is CC1CCCCN1S(=O)(=O)N(C)CCCNC1CC1. The number of nitrogens with zero attached hydrogens (tertiary/aromatic N) is 2. The average Bonchev–Trinajstić information content (AvgIpc) is 3.18. The Hall–Kier alpha value is -0.170. The predicted molar refractivity (Wildman–Crippen MR) is 77.2 cm³/mol. The van der Waals surface area contributed by atoms with Gasteiger partial charge >= 0.3 is 0 Å². The lowest BCUT2D eigenvalue weighted by Gasteiger charge is -2.35. The van der Waals surface area contributed by atoms with Crippen molar-refractivity contribution in [2.45, 2.75) is 57.5 Å². The van der Waals surface area contributed by atoms with Gasteiger partial charge in [-0.15, -0.1) is 0 Å². The van der Waals surface area contributed by atoms with Crippen LogP contribution in [0.3, 0.4) is 0 Å². The molecule has 2 aliphatic rings. The average molecular weight is 289 g/mol. The normalized spacial score (nSPS) is 25.9. The molecule has 2 fully saturated rings. The minimum Gasteiger partial charge on any atom is -0.314 e. The summed E-state index contributed by atoms with van der Waals surface area (Å²) < 4.78 is 28.1. The summed E-state index contributed by atoms with van der Waals surface area (Å²) in [7, 11) is -1.56. The third kappa shape index (κ3) is 4.15. The van der Waals surface area contributed by atoms with Crippen LogP contribution < -0.4 is 5.32 Å². The second-order valence-electron chi connectivity index (χ2n) is 5.87. The largest absolute Gasteiger partial charge is 0.314 e. The number of piperidine rings is 1. The lowest BCUT2D eigenvalue weighted by atomic mass is 10.1. The van der Waals surface area contributed by atoms with Gasteiger partial charge in [-0.05, 0) is 45.6 Å². The highest BCUT2D eigenvalue weighted by Crippen LogP contribution is 2.22. The first-order chi connectivity index (χ1) is 9.01. The van der Waals surface area contributed by atoms with E-state index in [0.717, 1.165) is 32.2 Å². The summed E-state index contributed by atoms with van der Waals surface area (Å²) in [6.45, 7) is 4.21. The smallest absolute Gasteiger partial charge is 0.281 e. The van der Waals surface area contributed by atoms with Crippen molar-refractivity contribution in [1.82, 2.24) is 13.9 Å². The van der Waals surface area contributed by atoms with E-state index in [0.29, 0.717) is 19.1 Å². The van der Waals surface area contributed by atoms with Crippen molar-refractivity contribution in [2.24, 2.45) is 0 Å². The van der Waals surface area contributed by atoms with Crippen LogP contribution in [0.2, 0.25) is 0 Å². The molecule has 112 valence electrons. The zero-order valence-corrected chi connectivity index (χ0v) is 13.0. The van der Waals surface area contributed by atoms with Crippen LogP contribution in [-0.2, 0) is 10.2 Å². The maximum atomic E-state index is 12.5. The van der Waals surface area contributed by atoms with E-state index in [1.165, 1.54) is 17.1 Å². The molecule has 1 saturated carbocycles. The fourth-order valence-corrected chi connectivity index (χ4v) is 4.24. The Morgan fingerprint density at radius 3 is 2.63 bits per heavy atom. The van der Waals surface area contributed by atoms with E-state index in [4.69, 9.17) is 0 Å². The van der Waals surface area contributed by atoms with Crippen LogP contribution in [0.15, 0.2) is 0 Å². The van der Waals surface area contributed by atoms with Crippen LogP contribution in [0, 0.1) is 0 Å². The van der Waals surface area contributed by atoms with Crippen LogP contribution in [-0.4, -0.2) is 55.8 Å². The molecular formula is C13H27N3O2S. The van der Waals surface area contributed by atoms with Crippen molar-refractivity contribution in [3.63, 3.8) is 0 Å². The highest BCUT2D eigenvalue weighted by atomic mass is 32.2. The lowest BCUT2D eigenvalue weighted by molar-refractivity contribution is 0.250. The molecule has 0 aromatic rings. The molecule has 0 radical (unpaired) electrons. The van der Waals surface area contributed by atoms with Crippen molar-refractivity contribution >= 4 is 10.2 Å². The second kappa shape index (κ2) is 6.52. The third-order valence-corrected chi connectivity index (χ3v) is 6.20. The predicted octanol–water partition coefficient (Wildman–Crippen LogP) is 1.18. The van der Waals surface area contributed by atoms with Crippen molar-refractivity contribution in [3.8, 4) is 0 Å². The Bertz CT molecular complexity index is 381. The first kappa shape index (κ1) is 15.2. The highest BCUT2D eigenvalue weighted by Gasteiger charge is 2.32. The Balaban J connectivity index is 1.79. The van der Waals surface area contributed by atoms with Crippen molar-refractivity contribution in [2.75, 3.05) is 26.7 Å². The molecule has 2 rings (SSSR count). The fourth-order valence-electron chi connectivity index (χ4n) is 2.60. The number of hydrogen-bond acceptors (Lipinski definition) is 3. The van der Waals surface area contributed by atoms with Gasteiger partial charge in [-0.3, -0.25) is 0 Å². The van der Waals surface area contributed by atoms with Crippen LogP contribution in [0.5, 0.6) is 0 Å². The van der Waals surface area contributed by atoms with E-state index in [2.05, 4.69) is 5.32 Å². The molecule has 0 bridgehead atoms. The summed E-state index contributed by atoms with van der Waals surface area (Å²) in [5.41, 5.74) is 0. The molecule has 1 unspecified atom stereocenters. The van der Waals surface area contributed by atoms with E-state index in [-0.39, 0.29) is 6.04 Å². The number of rotatable bonds is 7. The molecule has 0 aromatic heterocycles. The van der Waals surface area contributed by atoms with Crippen molar-refractivity contribution in [1.29, 1.82) is 0 Å². The molecule has 0 spiro atoms. The van der Waals surface area contributed by atoms with E-state index in [1.54, 1.807) is 11.4 Å². The number of nitrogens with one attached hydrogen (secondary N) is 1. The van der Waals surface area contributed by atoms with Crippen LogP contribution in [0.4, 0.5) is 0 Å². The van der Waals surface area contributed by atoms with Gasteiger partial charge in [0.2, 0.25) is 0 Å². The molecule has 1 atom stereocenters. The topological polar surface area (TPSA) is 52.7 Å². The summed E-state index contributed by atoms with van der Waals surface area (Å²) in [5.74, 6) is 0. The summed E-state index contributed by atoms with van der Waals surface area (Å²) in [5, 5.41) is 3.42. The second-order valence-corrected chi connectivity index (χ2v) is 7.85. The van der Waals surface area contributed by atoms with E-state index in [1.807, 2.05) is 6.92 Å². The van der Waals surface area contributed by atoms with E-state index >= 15 is 0 Å². The molecule has 1 heterocycles. The zero-order chi connectivity index (χ0) is 13.9. The molecule has 1 saturated heterocycles. The quantitative estimate of drug-likeness (QED) is 0.716. The van der Waals surface area contributed by atoms with E-state index in [9.17, 15) is 8.42 Å². The van der Waals surface area contributed by atoms with E-state index < -0.39 is 10.2 Å². The van der Waals surface area contributed by atoms with Crippen molar-refractivity contribution < 1.29 is 8.42 Å². The monoisotopic (exact) mass is 289 g/mol. The summed E-state index contributed by atoms with van der Waals surface area (Å²) in [6.07, 6.45) is 6.55. The molecule has 1 aliphatic carbocycles. The van der Waals surface area contributed by atoms with Gasteiger partial charge in [0.15, 0.2) is 0 Å². The van der Waals surface area contributed by atoms with Crippen LogP contribution >= 0.6 is 0 Å². The van der Waals surface area contributed by atoms with Gasteiger partial charge in [0, 0.05) is 32.2 Å². The van der Waals surface area contributed by atoms with Gasteiger partial charge in [0.05, 0.1) is 0 Å². The Morgan fingerprint density at radius 1 is 1.26 bits per heavy atom. The highest BCUT2D eigenvalue weighted by molar-refractivity contribution is 7.86. The minimum absolute atomic E-state index is 0.144. The van der Waals surface area contributed by atoms with Gasteiger partial charge in [-0.25, -0.2) is 0 Å².